The number of nitrogens with zero attached hydrogens (tertiary/aromatic N) is 1. The van der Waals surface area contributed by atoms with E-state index in [1.165, 1.54) is 16.7 Å². The van der Waals surface area contributed by atoms with Crippen molar-refractivity contribution in [1.82, 2.24) is 15.5 Å². The van der Waals surface area contributed by atoms with E-state index < -0.39 is 5.54 Å². The molecule has 1 amide bonds. The fraction of sp³-hybridized carbons (Fsp3) is 0.421. The summed E-state index contributed by atoms with van der Waals surface area (Å²) in [6.45, 7) is 4.34. The highest BCUT2D eigenvalue weighted by molar-refractivity contribution is 7.07. The maximum atomic E-state index is 13.4. The molecule has 1 saturated heterocycles. The third kappa shape index (κ3) is 2.66. The third-order valence-corrected chi connectivity index (χ3v) is 6.02. The Labute approximate surface area is 146 Å². The molecule has 1 aromatic carbocycles. The first kappa shape index (κ1) is 15.8. The van der Waals surface area contributed by atoms with E-state index in [0.29, 0.717) is 6.54 Å². The van der Waals surface area contributed by atoms with E-state index in [0.717, 1.165) is 39.0 Å². The van der Waals surface area contributed by atoms with Crippen molar-refractivity contribution in [3.63, 3.8) is 0 Å². The first-order chi connectivity index (χ1) is 11.8. The number of hydrogen-bond acceptors (Lipinski definition) is 4. The lowest BCUT2D eigenvalue weighted by Crippen LogP contribution is -2.60. The van der Waals surface area contributed by atoms with E-state index in [4.69, 9.17) is 0 Å². The topological polar surface area (TPSA) is 44.4 Å². The van der Waals surface area contributed by atoms with Crippen molar-refractivity contribution in [3.8, 4) is 0 Å². The van der Waals surface area contributed by atoms with Crippen LogP contribution in [-0.4, -0.2) is 37.0 Å². The quantitative estimate of drug-likeness (QED) is 0.895. The van der Waals surface area contributed by atoms with Crippen LogP contribution in [0.5, 0.6) is 0 Å². The second-order valence-electron chi connectivity index (χ2n) is 6.57. The summed E-state index contributed by atoms with van der Waals surface area (Å²) in [6.07, 6.45) is 1.85. The molecule has 4 rings (SSSR count). The minimum atomic E-state index is -0.505. The zero-order valence-corrected chi connectivity index (χ0v) is 14.6. The molecule has 126 valence electrons. The summed E-state index contributed by atoms with van der Waals surface area (Å²) in [6, 6.07) is 10.5. The standard InChI is InChI=1S/C19H23N3OS/c23-18(21-13-15-6-12-24-14-15)19(22-10-8-20-9-11-22)7-5-16-3-1-2-4-17(16)19/h1-4,6,12,14,20H,5,7-11,13H2,(H,21,23). The molecule has 5 heteroatoms. The molecule has 1 fully saturated rings. The van der Waals surface area contributed by atoms with Crippen molar-refractivity contribution in [2.24, 2.45) is 0 Å². The highest BCUT2D eigenvalue weighted by Crippen LogP contribution is 2.42. The van der Waals surface area contributed by atoms with Gasteiger partial charge < -0.3 is 10.6 Å². The number of thiophene rings is 1. The predicted octanol–water partition coefficient (Wildman–Crippen LogP) is 2.11. The van der Waals surface area contributed by atoms with Gasteiger partial charge in [0.25, 0.3) is 0 Å². The highest BCUT2D eigenvalue weighted by atomic mass is 32.1. The molecule has 4 nitrogen and oxygen atoms in total. The van der Waals surface area contributed by atoms with Gasteiger partial charge in [-0.1, -0.05) is 24.3 Å². The Hall–Kier alpha value is -1.69. The molecule has 24 heavy (non-hydrogen) atoms. The van der Waals surface area contributed by atoms with Gasteiger partial charge >= 0.3 is 0 Å². The van der Waals surface area contributed by atoms with Crippen LogP contribution in [0.15, 0.2) is 41.1 Å². The van der Waals surface area contributed by atoms with Gasteiger partial charge in [0.1, 0.15) is 5.54 Å². The Morgan fingerprint density at radius 2 is 2.08 bits per heavy atom. The Kier molecular flexibility index (Phi) is 4.39. The van der Waals surface area contributed by atoms with Crippen LogP contribution < -0.4 is 10.6 Å². The van der Waals surface area contributed by atoms with E-state index in [2.05, 4.69) is 56.6 Å². The largest absolute Gasteiger partial charge is 0.350 e. The fourth-order valence-corrected chi connectivity index (χ4v) is 4.74. The Balaban J connectivity index is 1.65. The van der Waals surface area contributed by atoms with Crippen LogP contribution in [0.2, 0.25) is 0 Å². The van der Waals surface area contributed by atoms with Gasteiger partial charge in [0, 0.05) is 32.7 Å². The lowest BCUT2D eigenvalue weighted by Gasteiger charge is -2.43. The van der Waals surface area contributed by atoms with Gasteiger partial charge in [0.2, 0.25) is 5.91 Å². The summed E-state index contributed by atoms with van der Waals surface area (Å²) in [5.41, 5.74) is 3.20. The monoisotopic (exact) mass is 341 g/mol. The summed E-state index contributed by atoms with van der Waals surface area (Å²) >= 11 is 1.67. The molecule has 1 atom stereocenters. The number of benzene rings is 1. The summed E-state index contributed by atoms with van der Waals surface area (Å²) in [5.74, 6) is 0.153. The van der Waals surface area contributed by atoms with E-state index in [-0.39, 0.29) is 5.91 Å². The molecule has 0 radical (unpaired) electrons. The molecule has 1 aromatic heterocycles. The molecule has 1 unspecified atom stereocenters. The molecule has 0 spiro atoms. The van der Waals surface area contributed by atoms with Gasteiger partial charge in [-0.3, -0.25) is 9.69 Å². The van der Waals surface area contributed by atoms with Crippen molar-refractivity contribution in [2.75, 3.05) is 26.2 Å². The summed E-state index contributed by atoms with van der Waals surface area (Å²) in [7, 11) is 0. The van der Waals surface area contributed by atoms with Gasteiger partial charge in [-0.15, -0.1) is 0 Å². The first-order valence-electron chi connectivity index (χ1n) is 8.64. The van der Waals surface area contributed by atoms with Crippen molar-refractivity contribution < 1.29 is 4.79 Å². The Morgan fingerprint density at radius 3 is 2.88 bits per heavy atom. The average Bonchev–Trinajstić information content (AvgIpc) is 3.29. The van der Waals surface area contributed by atoms with Crippen LogP contribution in [0.4, 0.5) is 0 Å². The number of carbonyl (C=O) groups is 1. The smallest absolute Gasteiger partial charge is 0.245 e. The second-order valence-corrected chi connectivity index (χ2v) is 7.35. The molecule has 2 N–H and O–H groups in total. The third-order valence-electron chi connectivity index (χ3n) is 5.28. The molecule has 1 aliphatic heterocycles. The van der Waals surface area contributed by atoms with Crippen LogP contribution in [0, 0.1) is 0 Å². The number of hydrogen-bond donors (Lipinski definition) is 2. The van der Waals surface area contributed by atoms with Crippen LogP contribution >= 0.6 is 11.3 Å². The number of amides is 1. The summed E-state index contributed by atoms with van der Waals surface area (Å²) in [4.78, 5) is 15.7. The normalized spacial score (nSPS) is 23.8. The maximum Gasteiger partial charge on any atom is 0.245 e. The number of aryl methyl sites for hydroxylation is 1. The summed E-state index contributed by atoms with van der Waals surface area (Å²) in [5, 5.41) is 10.8. The zero-order chi connectivity index (χ0) is 16.4. The van der Waals surface area contributed by atoms with Crippen molar-refractivity contribution in [2.45, 2.75) is 24.9 Å². The molecule has 2 aliphatic rings. The van der Waals surface area contributed by atoms with E-state index in [1.807, 2.05) is 0 Å². The molecular weight excluding hydrogens is 318 g/mol. The molecule has 0 saturated carbocycles. The van der Waals surface area contributed by atoms with Crippen LogP contribution in [0.3, 0.4) is 0 Å². The van der Waals surface area contributed by atoms with Crippen molar-refractivity contribution >= 4 is 17.2 Å². The second kappa shape index (κ2) is 6.67. The Morgan fingerprint density at radius 1 is 1.25 bits per heavy atom. The zero-order valence-electron chi connectivity index (χ0n) is 13.8. The number of piperazine rings is 1. The van der Waals surface area contributed by atoms with Gasteiger partial charge in [0.05, 0.1) is 0 Å². The van der Waals surface area contributed by atoms with Crippen molar-refractivity contribution in [1.29, 1.82) is 0 Å². The molecule has 2 heterocycles. The molecule has 2 aromatic rings. The van der Waals surface area contributed by atoms with E-state index in [9.17, 15) is 4.79 Å². The lowest BCUT2D eigenvalue weighted by atomic mass is 9.87. The summed E-state index contributed by atoms with van der Waals surface area (Å²) < 4.78 is 0. The molecule has 1 aliphatic carbocycles. The number of rotatable bonds is 4. The number of nitrogens with one attached hydrogen (secondary N) is 2. The fourth-order valence-electron chi connectivity index (χ4n) is 4.07. The molecule has 0 bridgehead atoms. The van der Waals surface area contributed by atoms with Crippen molar-refractivity contribution in [3.05, 3.63) is 57.8 Å². The number of fused-ring (bicyclic) bond motifs is 1. The van der Waals surface area contributed by atoms with E-state index >= 15 is 0 Å². The average molecular weight is 341 g/mol. The minimum Gasteiger partial charge on any atom is -0.350 e. The predicted molar refractivity (Wildman–Crippen MR) is 97.0 cm³/mol. The highest BCUT2D eigenvalue weighted by Gasteiger charge is 2.49. The maximum absolute atomic E-state index is 13.4. The van der Waals surface area contributed by atoms with Gasteiger partial charge in [0.15, 0.2) is 0 Å². The Bertz CT molecular complexity index is 709. The minimum absolute atomic E-state index is 0.153. The first-order valence-corrected chi connectivity index (χ1v) is 9.58. The van der Waals surface area contributed by atoms with Crippen LogP contribution in [0.25, 0.3) is 0 Å². The SMILES string of the molecule is O=C(NCc1ccsc1)C1(N2CCNCC2)CCc2ccccc21. The van der Waals surface area contributed by atoms with Gasteiger partial charge in [-0.25, -0.2) is 0 Å². The number of carbonyl (C=O) groups excluding carboxylic acids is 1. The van der Waals surface area contributed by atoms with Gasteiger partial charge in [-0.2, -0.15) is 11.3 Å². The molecular formula is C19H23N3OS. The lowest BCUT2D eigenvalue weighted by molar-refractivity contribution is -0.135. The van der Waals surface area contributed by atoms with Crippen LogP contribution in [-0.2, 0) is 23.3 Å². The van der Waals surface area contributed by atoms with Gasteiger partial charge in [-0.05, 0) is 46.4 Å². The van der Waals surface area contributed by atoms with E-state index in [1.54, 1.807) is 11.3 Å². The van der Waals surface area contributed by atoms with Crippen LogP contribution in [0.1, 0.15) is 23.1 Å².